The molecule has 94 valence electrons. The van der Waals surface area contributed by atoms with Crippen LogP contribution < -0.4 is 0 Å². The number of tetrazole rings is 1. The summed E-state index contributed by atoms with van der Waals surface area (Å²) in [6.45, 7) is 0. The van der Waals surface area contributed by atoms with Crippen molar-refractivity contribution < 1.29 is 4.39 Å². The number of rotatable bonds is 4. The predicted octanol–water partition coefficient (Wildman–Crippen LogP) is 3.20. The quantitative estimate of drug-likeness (QED) is 0.808. The van der Waals surface area contributed by atoms with Crippen LogP contribution in [0.25, 0.3) is 0 Å². The molecule has 18 heavy (non-hydrogen) atoms. The molecule has 0 saturated heterocycles. The second kappa shape index (κ2) is 4.97. The van der Waals surface area contributed by atoms with Crippen LogP contribution in [-0.4, -0.2) is 20.2 Å². The number of aromatic nitrogens is 4. The zero-order valence-corrected chi connectivity index (χ0v) is 11.8. The molecule has 1 aromatic heterocycles. The summed E-state index contributed by atoms with van der Waals surface area (Å²) in [5.74, 6) is 0.403. The minimum Gasteiger partial charge on any atom is -0.217 e. The second-order valence-electron chi connectivity index (χ2n) is 4.14. The number of nitrogens with zero attached hydrogens (tertiary/aromatic N) is 4. The topological polar surface area (TPSA) is 43.6 Å². The molecule has 0 unspecified atom stereocenters. The number of hydrogen-bond donors (Lipinski definition) is 0. The van der Waals surface area contributed by atoms with Gasteiger partial charge < -0.3 is 0 Å². The number of thioether (sulfide) groups is 1. The summed E-state index contributed by atoms with van der Waals surface area (Å²) in [6.07, 6.45) is 2.28. The van der Waals surface area contributed by atoms with Gasteiger partial charge in [-0.1, -0.05) is 23.9 Å². The van der Waals surface area contributed by atoms with Crippen molar-refractivity contribution in [2.24, 2.45) is 0 Å². The molecule has 0 bridgehead atoms. The maximum atomic E-state index is 13.4. The minimum absolute atomic E-state index is 0.241. The van der Waals surface area contributed by atoms with E-state index >= 15 is 0 Å². The SMILES string of the molecule is Fc1cccc(CSc2nnnn2C2CC2)c1Br. The zero-order valence-electron chi connectivity index (χ0n) is 9.38. The molecule has 0 aliphatic heterocycles. The third kappa shape index (κ3) is 2.42. The van der Waals surface area contributed by atoms with E-state index in [2.05, 4.69) is 31.5 Å². The third-order valence-electron chi connectivity index (χ3n) is 2.74. The molecule has 1 saturated carbocycles. The average molecular weight is 329 g/mol. The Bertz CT molecular complexity index is 570. The molecule has 3 rings (SSSR count). The maximum absolute atomic E-state index is 13.4. The van der Waals surface area contributed by atoms with Crippen LogP contribution >= 0.6 is 27.7 Å². The van der Waals surface area contributed by atoms with Gasteiger partial charge in [-0.2, -0.15) is 0 Å². The van der Waals surface area contributed by atoms with E-state index in [1.165, 1.54) is 17.8 Å². The predicted molar refractivity (Wildman–Crippen MR) is 69.7 cm³/mol. The molecule has 1 aliphatic carbocycles. The molecule has 2 aromatic rings. The van der Waals surface area contributed by atoms with Gasteiger partial charge in [0.05, 0.1) is 10.5 Å². The first kappa shape index (κ1) is 12.1. The van der Waals surface area contributed by atoms with Gasteiger partial charge in [0.25, 0.3) is 0 Å². The van der Waals surface area contributed by atoms with Crippen molar-refractivity contribution in [2.75, 3.05) is 0 Å². The fraction of sp³-hybridized carbons (Fsp3) is 0.364. The van der Waals surface area contributed by atoms with E-state index in [9.17, 15) is 4.39 Å². The molecule has 7 heteroatoms. The van der Waals surface area contributed by atoms with E-state index in [0.717, 1.165) is 23.6 Å². The van der Waals surface area contributed by atoms with Crippen molar-refractivity contribution in [3.05, 3.63) is 34.1 Å². The monoisotopic (exact) mass is 328 g/mol. The molecule has 0 N–H and O–H groups in total. The van der Waals surface area contributed by atoms with Gasteiger partial charge in [0.2, 0.25) is 5.16 Å². The fourth-order valence-electron chi connectivity index (χ4n) is 1.63. The lowest BCUT2D eigenvalue weighted by molar-refractivity contribution is 0.565. The lowest BCUT2D eigenvalue weighted by Crippen LogP contribution is -1.99. The number of benzene rings is 1. The van der Waals surface area contributed by atoms with Crippen LogP contribution in [0, 0.1) is 5.82 Å². The number of hydrogen-bond acceptors (Lipinski definition) is 4. The molecule has 0 amide bonds. The van der Waals surface area contributed by atoms with Gasteiger partial charge in [0, 0.05) is 5.75 Å². The van der Waals surface area contributed by atoms with E-state index in [-0.39, 0.29) is 5.82 Å². The Balaban J connectivity index is 1.74. The van der Waals surface area contributed by atoms with Gasteiger partial charge in [0.1, 0.15) is 5.82 Å². The van der Waals surface area contributed by atoms with Crippen LogP contribution in [0.5, 0.6) is 0 Å². The van der Waals surface area contributed by atoms with Crippen LogP contribution in [0.2, 0.25) is 0 Å². The molecule has 1 aliphatic rings. The highest BCUT2D eigenvalue weighted by molar-refractivity contribution is 9.10. The summed E-state index contributed by atoms with van der Waals surface area (Å²) in [7, 11) is 0. The fourth-order valence-corrected chi connectivity index (χ4v) is 3.16. The average Bonchev–Trinajstić information content (AvgIpc) is 3.11. The largest absolute Gasteiger partial charge is 0.217 e. The summed E-state index contributed by atoms with van der Waals surface area (Å²) >= 11 is 4.79. The van der Waals surface area contributed by atoms with Crippen molar-refractivity contribution >= 4 is 27.7 Å². The summed E-state index contributed by atoms with van der Waals surface area (Å²) in [4.78, 5) is 0. The van der Waals surface area contributed by atoms with Crippen molar-refractivity contribution in [1.82, 2.24) is 20.2 Å². The van der Waals surface area contributed by atoms with Gasteiger partial charge >= 0.3 is 0 Å². The van der Waals surface area contributed by atoms with E-state index in [1.54, 1.807) is 6.07 Å². The zero-order chi connectivity index (χ0) is 12.5. The minimum atomic E-state index is -0.241. The summed E-state index contributed by atoms with van der Waals surface area (Å²) in [5.41, 5.74) is 0.908. The van der Waals surface area contributed by atoms with Crippen LogP contribution in [0.1, 0.15) is 24.4 Å². The molecule has 1 fully saturated rings. The highest BCUT2D eigenvalue weighted by Crippen LogP contribution is 2.37. The molecular formula is C11H10BrFN4S. The summed E-state index contributed by atoms with van der Waals surface area (Å²) < 4.78 is 15.7. The van der Waals surface area contributed by atoms with Gasteiger partial charge in [0.15, 0.2) is 0 Å². The second-order valence-corrected chi connectivity index (χ2v) is 5.87. The van der Waals surface area contributed by atoms with E-state index in [0.29, 0.717) is 16.3 Å². The van der Waals surface area contributed by atoms with Crippen molar-refractivity contribution in [3.63, 3.8) is 0 Å². The summed E-state index contributed by atoms with van der Waals surface area (Å²) in [6, 6.07) is 5.50. The Labute approximate surface area is 116 Å². The molecule has 0 atom stereocenters. The maximum Gasteiger partial charge on any atom is 0.209 e. The summed E-state index contributed by atoms with van der Waals surface area (Å²) in [5, 5.41) is 12.5. The smallest absolute Gasteiger partial charge is 0.209 e. The van der Waals surface area contributed by atoms with E-state index in [1.807, 2.05) is 10.7 Å². The van der Waals surface area contributed by atoms with Crippen molar-refractivity contribution in [2.45, 2.75) is 29.8 Å². The Hall–Kier alpha value is -0.950. The Kier molecular flexibility index (Phi) is 3.34. The Morgan fingerprint density at radius 2 is 2.28 bits per heavy atom. The third-order valence-corrected chi connectivity index (χ3v) is 4.61. The number of halogens is 2. The van der Waals surface area contributed by atoms with Gasteiger partial charge in [-0.3, -0.25) is 0 Å². The molecule has 1 heterocycles. The lowest BCUT2D eigenvalue weighted by atomic mass is 10.2. The molecule has 4 nitrogen and oxygen atoms in total. The first-order chi connectivity index (χ1) is 8.75. The van der Waals surface area contributed by atoms with Gasteiger partial charge in [-0.05, 0) is 50.8 Å². The van der Waals surface area contributed by atoms with Crippen LogP contribution in [0.3, 0.4) is 0 Å². The molecular weight excluding hydrogens is 319 g/mol. The Morgan fingerprint density at radius 1 is 1.44 bits per heavy atom. The standard InChI is InChI=1S/C11H10BrFN4S/c12-10-7(2-1-3-9(10)13)6-18-11-14-15-16-17(11)8-4-5-8/h1-3,8H,4-6H2. The van der Waals surface area contributed by atoms with Gasteiger partial charge in [-0.25, -0.2) is 9.07 Å². The van der Waals surface area contributed by atoms with E-state index < -0.39 is 0 Å². The van der Waals surface area contributed by atoms with Crippen molar-refractivity contribution in [3.8, 4) is 0 Å². The van der Waals surface area contributed by atoms with Gasteiger partial charge in [-0.15, -0.1) is 5.10 Å². The van der Waals surface area contributed by atoms with Crippen LogP contribution in [-0.2, 0) is 5.75 Å². The highest BCUT2D eigenvalue weighted by atomic mass is 79.9. The Morgan fingerprint density at radius 3 is 3.06 bits per heavy atom. The molecule has 0 radical (unpaired) electrons. The highest BCUT2D eigenvalue weighted by Gasteiger charge is 2.27. The van der Waals surface area contributed by atoms with E-state index in [4.69, 9.17) is 0 Å². The lowest BCUT2D eigenvalue weighted by Gasteiger charge is -2.05. The van der Waals surface area contributed by atoms with Crippen LogP contribution in [0.15, 0.2) is 27.8 Å². The first-order valence-corrected chi connectivity index (χ1v) is 7.37. The molecule has 1 aromatic carbocycles. The van der Waals surface area contributed by atoms with Crippen molar-refractivity contribution in [1.29, 1.82) is 0 Å². The normalized spacial score (nSPS) is 15.0. The van der Waals surface area contributed by atoms with Crippen LogP contribution in [0.4, 0.5) is 4.39 Å². The first-order valence-electron chi connectivity index (χ1n) is 5.59. The molecule has 0 spiro atoms.